The van der Waals surface area contributed by atoms with Gasteiger partial charge in [0.1, 0.15) is 0 Å². The molecule has 0 aromatic heterocycles. The van der Waals surface area contributed by atoms with Gasteiger partial charge in [-0.25, -0.2) is 13.8 Å². The summed E-state index contributed by atoms with van der Waals surface area (Å²) in [6.45, 7) is 6.05. The Balaban J connectivity index is 1.91. The highest BCUT2D eigenvalue weighted by Gasteiger charge is 2.29. The van der Waals surface area contributed by atoms with Gasteiger partial charge in [-0.1, -0.05) is 17.7 Å². The van der Waals surface area contributed by atoms with Crippen LogP contribution in [0.25, 0.3) is 0 Å². The van der Waals surface area contributed by atoms with Crippen molar-refractivity contribution in [2.24, 2.45) is 11.0 Å². The maximum atomic E-state index is 11.8. The van der Waals surface area contributed by atoms with E-state index in [1.54, 1.807) is 6.21 Å². The van der Waals surface area contributed by atoms with Gasteiger partial charge in [-0.15, -0.1) is 0 Å². The maximum absolute atomic E-state index is 11.8. The summed E-state index contributed by atoms with van der Waals surface area (Å²) < 4.78 is 22.7. The number of sulfone groups is 1. The molecule has 0 unspecified atom stereocenters. The molecule has 22 heavy (non-hydrogen) atoms. The summed E-state index contributed by atoms with van der Waals surface area (Å²) in [5.41, 5.74) is 6.90. The maximum Gasteiger partial charge on any atom is 0.240 e. The molecule has 1 saturated heterocycles. The minimum absolute atomic E-state index is 0.0805. The molecule has 2 rings (SSSR count). The largest absolute Gasteiger partial charge is 0.273 e. The van der Waals surface area contributed by atoms with Gasteiger partial charge in [0.15, 0.2) is 9.84 Å². The molecule has 1 aromatic carbocycles. The normalized spacial score (nSPS) is 20.4. The Morgan fingerprint density at radius 1 is 1.32 bits per heavy atom. The van der Waals surface area contributed by atoms with E-state index in [9.17, 15) is 13.2 Å². The number of aryl methyl sites for hydroxylation is 3. The number of benzene rings is 1. The first-order valence-corrected chi connectivity index (χ1v) is 9.19. The molecule has 1 aliphatic rings. The summed E-state index contributed by atoms with van der Waals surface area (Å²) in [6.07, 6.45) is 2.42. The molecule has 1 N–H and O–H groups in total. The van der Waals surface area contributed by atoms with Crippen molar-refractivity contribution in [2.75, 3.05) is 11.5 Å². The van der Waals surface area contributed by atoms with Crippen LogP contribution in [0.5, 0.6) is 0 Å². The Hall–Kier alpha value is -1.69. The molecule has 0 spiro atoms. The Morgan fingerprint density at radius 3 is 2.50 bits per heavy atom. The predicted molar refractivity (Wildman–Crippen MR) is 87.8 cm³/mol. The van der Waals surface area contributed by atoms with Crippen LogP contribution in [0, 0.1) is 26.7 Å². The lowest BCUT2D eigenvalue weighted by Gasteiger charge is -2.07. The van der Waals surface area contributed by atoms with Gasteiger partial charge in [0.2, 0.25) is 5.91 Å². The molecular weight excluding hydrogens is 300 g/mol. The van der Waals surface area contributed by atoms with Gasteiger partial charge in [-0.2, -0.15) is 5.10 Å². The highest BCUT2D eigenvalue weighted by molar-refractivity contribution is 7.91. The van der Waals surface area contributed by atoms with E-state index in [4.69, 9.17) is 0 Å². The predicted octanol–water partition coefficient (Wildman–Crippen LogP) is 1.89. The Kier molecular flexibility index (Phi) is 5.01. The molecule has 1 fully saturated rings. The second kappa shape index (κ2) is 6.60. The molecule has 1 aliphatic heterocycles. The molecule has 0 aliphatic carbocycles. The van der Waals surface area contributed by atoms with Crippen molar-refractivity contribution < 1.29 is 13.2 Å². The van der Waals surface area contributed by atoms with Crippen LogP contribution in [-0.2, 0) is 14.6 Å². The van der Waals surface area contributed by atoms with Crippen molar-refractivity contribution in [1.29, 1.82) is 0 Å². The van der Waals surface area contributed by atoms with E-state index >= 15 is 0 Å². The van der Waals surface area contributed by atoms with Crippen LogP contribution in [0.15, 0.2) is 17.2 Å². The second-order valence-electron chi connectivity index (χ2n) is 6.08. The number of rotatable bonds is 4. The zero-order valence-corrected chi connectivity index (χ0v) is 14.0. The molecule has 6 heteroatoms. The van der Waals surface area contributed by atoms with Gasteiger partial charge >= 0.3 is 0 Å². The summed E-state index contributed by atoms with van der Waals surface area (Å²) in [5, 5.41) is 4.00. The third-order valence-corrected chi connectivity index (χ3v) is 5.76. The first-order chi connectivity index (χ1) is 10.3. The van der Waals surface area contributed by atoms with Gasteiger partial charge in [0, 0.05) is 12.0 Å². The van der Waals surface area contributed by atoms with Crippen LogP contribution in [-0.4, -0.2) is 32.0 Å². The second-order valence-corrected chi connectivity index (χ2v) is 8.31. The summed E-state index contributed by atoms with van der Waals surface area (Å²) >= 11 is 0. The van der Waals surface area contributed by atoms with E-state index in [1.807, 2.05) is 20.8 Å². The molecule has 1 atom stereocenters. The highest BCUT2D eigenvalue weighted by atomic mass is 32.2. The number of nitrogens with zero attached hydrogens (tertiary/aromatic N) is 1. The number of nitrogens with one attached hydrogen (secondary N) is 1. The number of carbonyl (C=O) groups excluding carboxylic acids is 1. The molecule has 0 saturated carbocycles. The minimum Gasteiger partial charge on any atom is -0.273 e. The topological polar surface area (TPSA) is 75.6 Å². The van der Waals surface area contributed by atoms with Crippen LogP contribution in [0.4, 0.5) is 0 Å². The number of hydrogen-bond acceptors (Lipinski definition) is 4. The lowest BCUT2D eigenvalue weighted by Crippen LogP contribution is -2.21. The first kappa shape index (κ1) is 16.7. The molecule has 5 nitrogen and oxygen atoms in total. The Labute approximate surface area is 131 Å². The van der Waals surface area contributed by atoms with Gasteiger partial charge in [-0.3, -0.25) is 4.79 Å². The van der Waals surface area contributed by atoms with Crippen molar-refractivity contribution in [1.82, 2.24) is 5.43 Å². The first-order valence-electron chi connectivity index (χ1n) is 7.37. The summed E-state index contributed by atoms with van der Waals surface area (Å²) in [6, 6.07) is 4.14. The van der Waals surface area contributed by atoms with Gasteiger partial charge in [-0.05, 0) is 44.2 Å². The third-order valence-electron chi connectivity index (χ3n) is 3.92. The zero-order chi connectivity index (χ0) is 16.3. The lowest BCUT2D eigenvalue weighted by molar-refractivity contribution is -0.121. The number of amides is 1. The van der Waals surface area contributed by atoms with Crippen molar-refractivity contribution in [2.45, 2.75) is 33.6 Å². The van der Waals surface area contributed by atoms with Crippen molar-refractivity contribution in [3.8, 4) is 0 Å². The van der Waals surface area contributed by atoms with Gasteiger partial charge < -0.3 is 0 Å². The fraction of sp³-hybridized carbons (Fsp3) is 0.500. The molecule has 1 heterocycles. The fourth-order valence-electron chi connectivity index (χ4n) is 2.90. The number of hydrogen-bond donors (Lipinski definition) is 1. The Morgan fingerprint density at radius 2 is 1.95 bits per heavy atom. The van der Waals surface area contributed by atoms with E-state index in [-0.39, 0.29) is 29.8 Å². The zero-order valence-electron chi connectivity index (χ0n) is 13.2. The van der Waals surface area contributed by atoms with Crippen LogP contribution in [0.2, 0.25) is 0 Å². The van der Waals surface area contributed by atoms with E-state index < -0.39 is 9.84 Å². The summed E-state index contributed by atoms with van der Waals surface area (Å²) in [4.78, 5) is 11.8. The van der Waals surface area contributed by atoms with Crippen molar-refractivity contribution in [3.63, 3.8) is 0 Å². The quantitative estimate of drug-likeness (QED) is 0.679. The molecule has 120 valence electrons. The van der Waals surface area contributed by atoms with Crippen LogP contribution in [0.1, 0.15) is 35.1 Å². The van der Waals surface area contributed by atoms with E-state index in [0.717, 1.165) is 16.7 Å². The van der Waals surface area contributed by atoms with Gasteiger partial charge in [0.25, 0.3) is 0 Å². The molecule has 0 radical (unpaired) electrons. The Bertz CT molecular complexity index is 685. The smallest absolute Gasteiger partial charge is 0.240 e. The minimum atomic E-state index is -2.94. The molecule has 1 amide bonds. The third kappa shape index (κ3) is 4.40. The molecule has 0 bridgehead atoms. The van der Waals surface area contributed by atoms with Gasteiger partial charge in [0.05, 0.1) is 17.7 Å². The van der Waals surface area contributed by atoms with Crippen LogP contribution >= 0.6 is 0 Å². The monoisotopic (exact) mass is 322 g/mol. The SMILES string of the molecule is Cc1cc(C)c(/C=N\NC(=O)C[C@H]2CCS(=O)(=O)C2)c(C)c1. The van der Waals surface area contributed by atoms with Crippen molar-refractivity contribution in [3.05, 3.63) is 34.4 Å². The van der Waals surface area contributed by atoms with Crippen LogP contribution in [0.3, 0.4) is 0 Å². The average molecular weight is 322 g/mol. The van der Waals surface area contributed by atoms with E-state index in [1.165, 1.54) is 5.56 Å². The van der Waals surface area contributed by atoms with E-state index in [0.29, 0.717) is 6.42 Å². The standard InChI is InChI=1S/C16H22N2O3S/c1-11-6-12(2)15(13(3)7-11)9-17-18-16(19)8-14-4-5-22(20,21)10-14/h6-7,9,14H,4-5,8,10H2,1-3H3,(H,18,19)/b17-9-/t14-/m1/s1. The lowest BCUT2D eigenvalue weighted by atomic mass is 10.0. The average Bonchev–Trinajstić information content (AvgIpc) is 2.71. The summed E-state index contributed by atoms with van der Waals surface area (Å²) in [7, 11) is -2.94. The van der Waals surface area contributed by atoms with Crippen molar-refractivity contribution >= 4 is 22.0 Å². The molecule has 1 aromatic rings. The van der Waals surface area contributed by atoms with E-state index in [2.05, 4.69) is 22.7 Å². The number of carbonyl (C=O) groups is 1. The van der Waals surface area contributed by atoms with Crippen LogP contribution < -0.4 is 5.43 Å². The fourth-order valence-corrected chi connectivity index (χ4v) is 4.77. The summed E-state index contributed by atoms with van der Waals surface area (Å²) in [5.74, 6) is -0.0140. The number of hydrazone groups is 1. The highest BCUT2D eigenvalue weighted by Crippen LogP contribution is 2.21. The molecular formula is C16H22N2O3S.